The van der Waals surface area contributed by atoms with E-state index in [1.54, 1.807) is 0 Å². The van der Waals surface area contributed by atoms with E-state index >= 15 is 0 Å². The van der Waals surface area contributed by atoms with Crippen molar-refractivity contribution < 1.29 is 0 Å². The van der Waals surface area contributed by atoms with Crippen LogP contribution >= 0.6 is 15.9 Å². The van der Waals surface area contributed by atoms with E-state index in [2.05, 4.69) is 166 Å². The molecule has 0 saturated heterocycles. The molecule has 0 aliphatic rings. The van der Waals surface area contributed by atoms with Gasteiger partial charge in [-0.05, 0) is 80.6 Å². The Kier molecular flexibility index (Phi) is 5.36. The first kappa shape index (κ1) is 23.2. The molecule has 0 radical (unpaired) electrons. The fraction of sp³-hybridized carbons (Fsp3) is 0. The Labute approximate surface area is 241 Å². The number of hydrogen-bond donors (Lipinski definition) is 0. The van der Waals surface area contributed by atoms with Crippen LogP contribution in [0.25, 0.3) is 71.6 Å². The molecular formula is C38H24BrN. The van der Waals surface area contributed by atoms with Gasteiger partial charge in [-0.25, -0.2) is 0 Å². The summed E-state index contributed by atoms with van der Waals surface area (Å²) in [6.45, 7) is 0. The van der Waals surface area contributed by atoms with Gasteiger partial charge in [0.05, 0.1) is 11.0 Å². The van der Waals surface area contributed by atoms with Crippen molar-refractivity contribution in [2.24, 2.45) is 0 Å². The van der Waals surface area contributed by atoms with E-state index in [0.717, 1.165) is 4.47 Å². The van der Waals surface area contributed by atoms with E-state index in [1.165, 1.54) is 71.6 Å². The molecule has 0 aliphatic heterocycles. The quantitative estimate of drug-likeness (QED) is 0.184. The summed E-state index contributed by atoms with van der Waals surface area (Å²) in [4.78, 5) is 0. The fourth-order valence-corrected chi connectivity index (χ4v) is 6.51. The third kappa shape index (κ3) is 3.61. The average molecular weight is 575 g/mol. The minimum atomic E-state index is 1.09. The van der Waals surface area contributed by atoms with Gasteiger partial charge in [0.1, 0.15) is 0 Å². The summed E-state index contributed by atoms with van der Waals surface area (Å²) in [7, 11) is 0. The van der Waals surface area contributed by atoms with E-state index < -0.39 is 0 Å². The van der Waals surface area contributed by atoms with Crippen LogP contribution < -0.4 is 0 Å². The highest BCUT2D eigenvalue weighted by atomic mass is 79.9. The predicted molar refractivity (Wildman–Crippen MR) is 173 cm³/mol. The molecule has 0 atom stereocenters. The van der Waals surface area contributed by atoms with Gasteiger partial charge in [-0.1, -0.05) is 125 Å². The molecule has 40 heavy (non-hydrogen) atoms. The Bertz CT molecular complexity index is 2030. The Morgan fingerprint density at radius 2 is 0.925 bits per heavy atom. The molecule has 0 fully saturated rings. The molecule has 1 aromatic heterocycles. The van der Waals surface area contributed by atoms with Gasteiger partial charge in [-0.15, -0.1) is 0 Å². The van der Waals surface area contributed by atoms with Gasteiger partial charge < -0.3 is 4.57 Å². The smallest absolute Gasteiger partial charge is 0.0547 e. The van der Waals surface area contributed by atoms with Crippen LogP contribution in [0.3, 0.4) is 0 Å². The van der Waals surface area contributed by atoms with Crippen LogP contribution in [0.2, 0.25) is 0 Å². The van der Waals surface area contributed by atoms with Crippen molar-refractivity contribution in [3.63, 3.8) is 0 Å². The zero-order valence-electron chi connectivity index (χ0n) is 21.7. The minimum Gasteiger partial charge on any atom is -0.309 e. The molecule has 0 N–H and O–H groups in total. The third-order valence-electron chi connectivity index (χ3n) is 8.05. The van der Waals surface area contributed by atoms with Crippen LogP contribution in [0, 0.1) is 0 Å². The summed E-state index contributed by atoms with van der Waals surface area (Å²) in [5.74, 6) is 0. The average Bonchev–Trinajstić information content (AvgIpc) is 3.36. The first-order valence-electron chi connectivity index (χ1n) is 13.6. The van der Waals surface area contributed by atoms with Gasteiger partial charge in [0, 0.05) is 20.9 Å². The normalized spacial score (nSPS) is 11.6. The monoisotopic (exact) mass is 573 g/mol. The first-order valence-corrected chi connectivity index (χ1v) is 14.3. The molecule has 0 unspecified atom stereocenters. The summed E-state index contributed by atoms with van der Waals surface area (Å²) in [5, 5.41) is 5.21. The lowest BCUT2D eigenvalue weighted by atomic mass is 9.91. The summed E-state index contributed by atoms with van der Waals surface area (Å²) >= 11 is 3.57. The number of aromatic nitrogens is 1. The second-order valence-corrected chi connectivity index (χ2v) is 11.2. The van der Waals surface area contributed by atoms with Crippen molar-refractivity contribution >= 4 is 48.5 Å². The molecule has 0 saturated carbocycles. The largest absolute Gasteiger partial charge is 0.309 e. The lowest BCUT2D eigenvalue weighted by Crippen LogP contribution is -1.94. The van der Waals surface area contributed by atoms with Crippen LogP contribution in [0.15, 0.2) is 150 Å². The molecule has 7 aromatic carbocycles. The molecule has 0 amide bonds. The maximum Gasteiger partial charge on any atom is 0.0547 e. The second-order valence-electron chi connectivity index (χ2n) is 10.3. The lowest BCUT2D eigenvalue weighted by Gasteiger charge is -2.11. The number of nitrogens with zero attached hydrogens (tertiary/aromatic N) is 1. The highest BCUT2D eigenvalue weighted by Gasteiger charge is 2.21. The van der Waals surface area contributed by atoms with Crippen molar-refractivity contribution in [3.05, 3.63) is 150 Å². The molecule has 0 aliphatic carbocycles. The molecule has 188 valence electrons. The molecule has 0 spiro atoms. The van der Waals surface area contributed by atoms with E-state index in [9.17, 15) is 0 Å². The SMILES string of the molecule is Brc1ccc(-c2cccc(-n3c4ccc(-c5ccccc5)c5ccc6c(-c7ccccc7)ccc3c6c54)c2)cc1. The molecular weight excluding hydrogens is 550 g/mol. The van der Waals surface area contributed by atoms with Crippen molar-refractivity contribution in [2.45, 2.75) is 0 Å². The minimum absolute atomic E-state index is 1.09. The maximum absolute atomic E-state index is 3.57. The van der Waals surface area contributed by atoms with Gasteiger partial charge in [0.25, 0.3) is 0 Å². The predicted octanol–water partition coefficient (Wildman–Crippen LogP) is 11.1. The van der Waals surface area contributed by atoms with Crippen molar-refractivity contribution in [3.8, 4) is 39.1 Å². The Hall–Kier alpha value is -4.66. The van der Waals surface area contributed by atoms with Gasteiger partial charge in [0.15, 0.2) is 0 Å². The number of benzene rings is 7. The van der Waals surface area contributed by atoms with Crippen LogP contribution in [0.1, 0.15) is 0 Å². The lowest BCUT2D eigenvalue weighted by molar-refractivity contribution is 1.18. The van der Waals surface area contributed by atoms with Crippen LogP contribution in [-0.4, -0.2) is 4.57 Å². The summed E-state index contributed by atoms with van der Waals surface area (Å²) in [6.07, 6.45) is 0. The molecule has 8 aromatic rings. The Morgan fingerprint density at radius 3 is 1.48 bits per heavy atom. The van der Waals surface area contributed by atoms with Crippen LogP contribution in [0.5, 0.6) is 0 Å². The third-order valence-corrected chi connectivity index (χ3v) is 8.58. The van der Waals surface area contributed by atoms with E-state index in [1.807, 2.05) is 0 Å². The standard InChI is InChI=1S/C38H24BrN/c39-29-16-14-25(15-17-29)28-12-7-13-30(24-28)40-35-22-20-31(26-8-3-1-4-9-26)33-18-19-34-32(27-10-5-2-6-11-27)21-23-36(40)38(34)37(33)35/h1-24H. The van der Waals surface area contributed by atoms with Gasteiger partial charge in [-0.2, -0.15) is 0 Å². The molecule has 0 bridgehead atoms. The second kappa shape index (κ2) is 9.22. The van der Waals surface area contributed by atoms with E-state index in [-0.39, 0.29) is 0 Å². The zero-order valence-corrected chi connectivity index (χ0v) is 23.3. The molecule has 8 rings (SSSR count). The topological polar surface area (TPSA) is 4.93 Å². The Balaban J connectivity index is 1.46. The van der Waals surface area contributed by atoms with Crippen molar-refractivity contribution in [1.29, 1.82) is 0 Å². The number of halogens is 1. The van der Waals surface area contributed by atoms with Crippen LogP contribution in [-0.2, 0) is 0 Å². The molecule has 1 nitrogen and oxygen atoms in total. The summed E-state index contributed by atoms with van der Waals surface area (Å²) in [6, 6.07) is 52.7. The summed E-state index contributed by atoms with van der Waals surface area (Å²) in [5.41, 5.74) is 11.0. The highest BCUT2D eigenvalue weighted by Crippen LogP contribution is 2.45. The number of rotatable bonds is 4. The first-order chi connectivity index (χ1) is 19.8. The van der Waals surface area contributed by atoms with Crippen LogP contribution in [0.4, 0.5) is 0 Å². The van der Waals surface area contributed by atoms with Gasteiger partial charge in [-0.3, -0.25) is 0 Å². The van der Waals surface area contributed by atoms with Gasteiger partial charge in [0.2, 0.25) is 0 Å². The number of hydrogen-bond acceptors (Lipinski definition) is 0. The fourth-order valence-electron chi connectivity index (χ4n) is 6.24. The van der Waals surface area contributed by atoms with E-state index in [4.69, 9.17) is 0 Å². The van der Waals surface area contributed by atoms with Gasteiger partial charge >= 0.3 is 0 Å². The molecule has 2 heteroatoms. The summed E-state index contributed by atoms with van der Waals surface area (Å²) < 4.78 is 3.53. The maximum atomic E-state index is 3.57. The zero-order chi connectivity index (χ0) is 26.6. The molecule has 1 heterocycles. The Morgan fingerprint density at radius 1 is 0.400 bits per heavy atom. The van der Waals surface area contributed by atoms with Crippen molar-refractivity contribution in [2.75, 3.05) is 0 Å². The highest BCUT2D eigenvalue weighted by molar-refractivity contribution is 9.10. The van der Waals surface area contributed by atoms with E-state index in [0.29, 0.717) is 0 Å². The van der Waals surface area contributed by atoms with Crippen molar-refractivity contribution in [1.82, 2.24) is 4.57 Å².